The lowest BCUT2D eigenvalue weighted by molar-refractivity contribution is -0.181. The van der Waals surface area contributed by atoms with Crippen LogP contribution in [0.5, 0.6) is 0 Å². The van der Waals surface area contributed by atoms with E-state index in [0.29, 0.717) is 38.8 Å². The van der Waals surface area contributed by atoms with Crippen LogP contribution in [-0.4, -0.2) is 104 Å². The van der Waals surface area contributed by atoms with Gasteiger partial charge in [-0.05, 0) is 33.2 Å². The molecule has 6 nitrogen and oxygen atoms in total. The molecule has 3 fully saturated rings. The zero-order valence-corrected chi connectivity index (χ0v) is 19.1. The van der Waals surface area contributed by atoms with Gasteiger partial charge in [-0.15, -0.1) is 24.0 Å². The second-order valence-corrected chi connectivity index (χ2v) is 7.68. The fourth-order valence-corrected chi connectivity index (χ4v) is 4.14. The number of nitrogens with one attached hydrogen (secondary N) is 1. The average molecular weight is 519 g/mol. The van der Waals surface area contributed by atoms with E-state index >= 15 is 0 Å². The first-order chi connectivity index (χ1) is 12.9. The number of alkyl halides is 3. The Balaban J connectivity index is 0.00000280. The Hall–Kier alpha value is -0.330. The average Bonchev–Trinajstić information content (AvgIpc) is 3.12. The van der Waals surface area contributed by atoms with Crippen molar-refractivity contribution in [2.75, 3.05) is 59.0 Å². The molecule has 3 aliphatic heterocycles. The van der Waals surface area contributed by atoms with Gasteiger partial charge in [0.1, 0.15) is 6.04 Å². The number of aliphatic imine (C=N–C) groups is 1. The number of fused-ring (bicyclic) bond motifs is 1. The van der Waals surface area contributed by atoms with Gasteiger partial charge in [0, 0.05) is 45.3 Å². The third-order valence-corrected chi connectivity index (χ3v) is 5.88. The van der Waals surface area contributed by atoms with Crippen LogP contribution < -0.4 is 5.32 Å². The number of guanidine groups is 1. The minimum Gasteiger partial charge on any atom is -0.373 e. The maximum Gasteiger partial charge on any atom is 0.403 e. The van der Waals surface area contributed by atoms with E-state index in [2.05, 4.69) is 15.1 Å². The third-order valence-electron chi connectivity index (χ3n) is 5.88. The van der Waals surface area contributed by atoms with Gasteiger partial charge in [0.15, 0.2) is 5.96 Å². The van der Waals surface area contributed by atoms with E-state index in [1.807, 2.05) is 6.92 Å². The quantitative estimate of drug-likeness (QED) is 0.350. The van der Waals surface area contributed by atoms with Crippen LogP contribution in [0.25, 0.3) is 0 Å². The molecule has 3 rings (SSSR count). The molecule has 3 heterocycles. The molecule has 3 aliphatic rings. The van der Waals surface area contributed by atoms with Crippen LogP contribution in [0.2, 0.25) is 0 Å². The highest BCUT2D eigenvalue weighted by molar-refractivity contribution is 14.0. The molecule has 3 unspecified atom stereocenters. The van der Waals surface area contributed by atoms with E-state index in [0.717, 1.165) is 32.2 Å². The Morgan fingerprint density at radius 1 is 1.21 bits per heavy atom. The van der Waals surface area contributed by atoms with E-state index < -0.39 is 12.2 Å². The summed E-state index contributed by atoms with van der Waals surface area (Å²) < 4.78 is 44.7. The van der Waals surface area contributed by atoms with Crippen LogP contribution in [0.4, 0.5) is 13.2 Å². The number of hydrogen-bond donors (Lipinski definition) is 1. The summed E-state index contributed by atoms with van der Waals surface area (Å²) in [6, 6.07) is -0.828. The van der Waals surface area contributed by atoms with Crippen LogP contribution in [0.15, 0.2) is 4.99 Å². The summed E-state index contributed by atoms with van der Waals surface area (Å²) in [4.78, 5) is 10.8. The molecule has 164 valence electrons. The lowest BCUT2D eigenvalue weighted by Crippen LogP contribution is -2.57. The van der Waals surface area contributed by atoms with E-state index in [1.54, 1.807) is 0 Å². The summed E-state index contributed by atoms with van der Waals surface area (Å²) in [6.45, 7) is 9.29. The highest BCUT2D eigenvalue weighted by Crippen LogP contribution is 2.25. The summed E-state index contributed by atoms with van der Waals surface area (Å²) >= 11 is 0. The van der Waals surface area contributed by atoms with Crippen LogP contribution in [0.1, 0.15) is 26.7 Å². The monoisotopic (exact) mass is 519 g/mol. The Bertz CT molecular complexity index is 514. The minimum atomic E-state index is -4.17. The smallest absolute Gasteiger partial charge is 0.373 e. The molecule has 0 aromatic rings. The first kappa shape index (κ1) is 23.9. The molecule has 0 amide bonds. The molecular formula is C18H33F3IN5O. The molecule has 3 saturated heterocycles. The molecule has 0 aliphatic carbocycles. The van der Waals surface area contributed by atoms with Crippen LogP contribution in [-0.2, 0) is 4.74 Å². The summed E-state index contributed by atoms with van der Waals surface area (Å²) in [5.74, 6) is 0.781. The molecule has 1 N–H and O–H groups in total. The van der Waals surface area contributed by atoms with Gasteiger partial charge in [0.2, 0.25) is 0 Å². The molecule has 0 radical (unpaired) electrons. The summed E-state index contributed by atoms with van der Waals surface area (Å²) in [5, 5.41) is 3.28. The van der Waals surface area contributed by atoms with Crippen molar-refractivity contribution in [2.45, 2.75) is 51.1 Å². The predicted molar refractivity (Wildman–Crippen MR) is 114 cm³/mol. The number of ether oxygens (including phenoxy) is 1. The van der Waals surface area contributed by atoms with Crippen molar-refractivity contribution in [1.82, 2.24) is 20.0 Å². The molecule has 0 spiro atoms. The van der Waals surface area contributed by atoms with Gasteiger partial charge in [-0.1, -0.05) is 0 Å². The number of morpholine rings is 1. The fraction of sp³-hybridized carbons (Fsp3) is 0.944. The van der Waals surface area contributed by atoms with E-state index in [4.69, 9.17) is 9.73 Å². The summed E-state index contributed by atoms with van der Waals surface area (Å²) in [6.07, 6.45) is -1.61. The number of piperazine rings is 1. The molecule has 0 saturated carbocycles. The molecule has 0 aromatic carbocycles. The van der Waals surface area contributed by atoms with E-state index in [9.17, 15) is 13.2 Å². The van der Waals surface area contributed by atoms with Crippen molar-refractivity contribution >= 4 is 29.9 Å². The lowest BCUT2D eigenvalue weighted by atomic mass is 10.2. The minimum absolute atomic E-state index is 0. The zero-order chi connectivity index (χ0) is 19.4. The number of rotatable bonds is 4. The predicted octanol–water partition coefficient (Wildman–Crippen LogP) is 2.00. The molecule has 10 heteroatoms. The maximum atomic E-state index is 12.9. The van der Waals surface area contributed by atoms with Gasteiger partial charge in [-0.2, -0.15) is 13.2 Å². The zero-order valence-electron chi connectivity index (χ0n) is 16.7. The molecule has 3 atom stereocenters. The highest BCUT2D eigenvalue weighted by atomic mass is 127. The van der Waals surface area contributed by atoms with Gasteiger partial charge in [0.05, 0.1) is 19.3 Å². The van der Waals surface area contributed by atoms with Gasteiger partial charge in [0.25, 0.3) is 0 Å². The number of halogens is 4. The maximum absolute atomic E-state index is 12.9. The lowest BCUT2D eigenvalue weighted by Gasteiger charge is -2.40. The largest absolute Gasteiger partial charge is 0.403 e. The SMILES string of the molecule is CCNC(=NCC1CN2CCCC2CO1)N1CCN(C(C)C(F)(F)F)CC1.I. The van der Waals surface area contributed by atoms with Crippen molar-refractivity contribution in [2.24, 2.45) is 4.99 Å². The second kappa shape index (κ2) is 10.6. The number of hydrogen-bond acceptors (Lipinski definition) is 4. The normalized spacial score (nSPS) is 28.6. The van der Waals surface area contributed by atoms with Crippen molar-refractivity contribution in [3.63, 3.8) is 0 Å². The van der Waals surface area contributed by atoms with Crippen molar-refractivity contribution in [1.29, 1.82) is 0 Å². The third kappa shape index (κ3) is 6.09. The Morgan fingerprint density at radius 2 is 1.93 bits per heavy atom. The second-order valence-electron chi connectivity index (χ2n) is 7.68. The van der Waals surface area contributed by atoms with Crippen LogP contribution in [0, 0.1) is 0 Å². The summed E-state index contributed by atoms with van der Waals surface area (Å²) in [7, 11) is 0. The van der Waals surface area contributed by atoms with Crippen molar-refractivity contribution in [3.05, 3.63) is 0 Å². The standard InChI is InChI=1S/C18H32F3N5O.HI/c1-3-22-17(23-11-16-12-26-6-4-5-15(26)13-27-16)25-9-7-24(8-10-25)14(2)18(19,20)21;/h14-16H,3-13H2,1-2H3,(H,22,23);1H. The van der Waals surface area contributed by atoms with Crippen LogP contribution in [0.3, 0.4) is 0 Å². The molecule has 0 aromatic heterocycles. The van der Waals surface area contributed by atoms with Crippen molar-refractivity contribution < 1.29 is 17.9 Å². The fourth-order valence-electron chi connectivity index (χ4n) is 4.14. The van der Waals surface area contributed by atoms with E-state index in [-0.39, 0.29) is 30.1 Å². The first-order valence-electron chi connectivity index (χ1n) is 10.1. The van der Waals surface area contributed by atoms with Gasteiger partial charge in [-0.25, -0.2) is 0 Å². The molecule has 28 heavy (non-hydrogen) atoms. The van der Waals surface area contributed by atoms with Crippen molar-refractivity contribution in [3.8, 4) is 0 Å². The number of nitrogens with zero attached hydrogens (tertiary/aromatic N) is 4. The first-order valence-corrected chi connectivity index (χ1v) is 10.1. The van der Waals surface area contributed by atoms with Gasteiger partial charge < -0.3 is 15.0 Å². The summed E-state index contributed by atoms with van der Waals surface area (Å²) in [5.41, 5.74) is 0. The van der Waals surface area contributed by atoms with Gasteiger partial charge in [-0.3, -0.25) is 14.8 Å². The van der Waals surface area contributed by atoms with Gasteiger partial charge >= 0.3 is 6.18 Å². The van der Waals surface area contributed by atoms with Crippen LogP contribution >= 0.6 is 24.0 Å². The highest BCUT2D eigenvalue weighted by Gasteiger charge is 2.41. The Labute approximate surface area is 182 Å². The Morgan fingerprint density at radius 3 is 2.57 bits per heavy atom. The van der Waals surface area contributed by atoms with E-state index in [1.165, 1.54) is 24.7 Å². The molecule has 0 bridgehead atoms. The Kier molecular flexibility index (Phi) is 9.09. The molecular weight excluding hydrogens is 486 g/mol. The topological polar surface area (TPSA) is 43.3 Å².